The molecule has 5 atom stereocenters. The van der Waals surface area contributed by atoms with Crippen molar-refractivity contribution in [2.75, 3.05) is 0 Å². The van der Waals surface area contributed by atoms with E-state index in [1.807, 2.05) is 0 Å². The van der Waals surface area contributed by atoms with Crippen molar-refractivity contribution < 1.29 is 54.8 Å². The van der Waals surface area contributed by atoms with Crippen molar-refractivity contribution in [2.24, 2.45) is 11.8 Å². The molecule has 0 amide bonds. The molecule has 1 fully saturated rings. The minimum atomic E-state index is -0.986. The van der Waals surface area contributed by atoms with Crippen LogP contribution in [0.5, 0.6) is 0 Å². The van der Waals surface area contributed by atoms with Crippen molar-refractivity contribution in [3.05, 3.63) is 0 Å². The molecule has 0 heterocycles. The van der Waals surface area contributed by atoms with Crippen LogP contribution in [0.3, 0.4) is 0 Å². The Morgan fingerprint density at radius 2 is 1.73 bits per heavy atom. The molecule has 5 nitrogen and oxygen atoms in total. The van der Waals surface area contributed by atoms with E-state index in [4.69, 9.17) is 0 Å². The van der Waals surface area contributed by atoms with Crippen LogP contribution in [0, 0.1) is 11.8 Å². The van der Waals surface area contributed by atoms with Gasteiger partial charge in [-0.2, -0.15) is 0 Å². The summed E-state index contributed by atoms with van der Waals surface area (Å²) in [6.45, 7) is 2.14. The molecule has 6 heteroatoms. The minimum absolute atomic E-state index is 0. The monoisotopic (exact) mass is 380 g/mol. The molecule has 0 spiro atoms. The number of aliphatic carboxylic acids is 1. The van der Waals surface area contributed by atoms with Gasteiger partial charge in [0.05, 0.1) is 18.3 Å². The predicted molar refractivity (Wildman–Crippen MR) is 95.7 cm³/mol. The predicted octanol–water partition coefficient (Wildman–Crippen LogP) is -0.840. The van der Waals surface area contributed by atoms with Crippen LogP contribution in [0.25, 0.3) is 0 Å². The topological polar surface area (TPSA) is 101 Å². The van der Waals surface area contributed by atoms with E-state index in [0.717, 1.165) is 57.8 Å². The number of carbonyl (C=O) groups is 1. The molecule has 0 aromatic heterocycles. The third-order valence-corrected chi connectivity index (χ3v) is 5.66. The van der Waals surface area contributed by atoms with Crippen LogP contribution in [-0.2, 0) is 4.79 Å². The van der Waals surface area contributed by atoms with Crippen LogP contribution in [0.15, 0.2) is 0 Å². The van der Waals surface area contributed by atoms with Gasteiger partial charge in [-0.25, -0.2) is 0 Å². The average molecular weight is 381 g/mol. The van der Waals surface area contributed by atoms with Crippen LogP contribution in [0.1, 0.15) is 90.4 Å². The average Bonchev–Trinajstić information content (AvgIpc) is 2.83. The van der Waals surface area contributed by atoms with E-state index >= 15 is 0 Å². The van der Waals surface area contributed by atoms with E-state index in [1.54, 1.807) is 0 Å². The molecule has 5 unspecified atom stereocenters. The van der Waals surface area contributed by atoms with E-state index in [9.17, 15) is 25.2 Å². The van der Waals surface area contributed by atoms with Gasteiger partial charge in [-0.05, 0) is 56.8 Å². The molecule has 1 saturated carbocycles. The fraction of sp³-hybridized carbons (Fsp3) is 0.950. The van der Waals surface area contributed by atoms with Gasteiger partial charge in [-0.1, -0.05) is 45.4 Å². The van der Waals surface area contributed by atoms with Crippen molar-refractivity contribution in [3.63, 3.8) is 0 Å². The van der Waals surface area contributed by atoms with Crippen LogP contribution in [-0.4, -0.2) is 39.6 Å². The quantitative estimate of drug-likeness (QED) is 0.270. The number of unbranched alkanes of at least 4 members (excludes halogenated alkanes) is 5. The molecule has 0 aromatic carbocycles. The van der Waals surface area contributed by atoms with Crippen LogP contribution >= 0.6 is 0 Å². The van der Waals surface area contributed by atoms with Gasteiger partial charge in [0.2, 0.25) is 0 Å². The number of carbonyl (C=O) groups excluding carboxylic acids is 1. The minimum Gasteiger partial charge on any atom is -0.550 e. The number of aliphatic hydroxyl groups excluding tert-OH is 3. The van der Waals surface area contributed by atoms with Gasteiger partial charge in [-0.3, -0.25) is 0 Å². The van der Waals surface area contributed by atoms with E-state index in [-0.39, 0.29) is 48.0 Å². The Morgan fingerprint density at radius 1 is 1.04 bits per heavy atom. The summed E-state index contributed by atoms with van der Waals surface area (Å²) < 4.78 is 0. The van der Waals surface area contributed by atoms with Crippen molar-refractivity contribution in [1.82, 2.24) is 0 Å². The normalized spacial score (nSPS) is 26.5. The smallest absolute Gasteiger partial charge is 0.550 e. The molecule has 3 N–H and O–H groups in total. The zero-order valence-electron chi connectivity index (χ0n) is 16.7. The summed E-state index contributed by atoms with van der Waals surface area (Å²) in [4.78, 5) is 10.4. The number of carboxylic acid groups (broad SMARTS) is 1. The molecule has 0 radical (unpaired) electrons. The molecule has 0 bridgehead atoms. The van der Waals surface area contributed by atoms with Crippen LogP contribution in [0.4, 0.5) is 0 Å². The maximum absolute atomic E-state index is 10.4. The second-order valence-corrected chi connectivity index (χ2v) is 7.77. The Balaban J connectivity index is 0.00000625. The summed E-state index contributed by atoms with van der Waals surface area (Å²) in [5.41, 5.74) is 0. The van der Waals surface area contributed by atoms with E-state index < -0.39 is 18.2 Å². The van der Waals surface area contributed by atoms with Gasteiger partial charge in [-0.15, -0.1) is 0 Å². The number of rotatable bonds is 14. The zero-order valence-corrected chi connectivity index (χ0v) is 18.7. The van der Waals surface area contributed by atoms with Crippen molar-refractivity contribution >= 4 is 5.97 Å². The molecular weight excluding hydrogens is 343 g/mol. The third-order valence-electron chi connectivity index (χ3n) is 5.66. The summed E-state index contributed by atoms with van der Waals surface area (Å²) in [5, 5.41) is 40.7. The van der Waals surface area contributed by atoms with Crippen molar-refractivity contribution in [2.45, 2.75) is 109 Å². The summed E-state index contributed by atoms with van der Waals surface area (Å²) >= 11 is 0. The number of hydrogen-bond acceptors (Lipinski definition) is 5. The molecule has 26 heavy (non-hydrogen) atoms. The Morgan fingerprint density at radius 3 is 2.38 bits per heavy atom. The Kier molecular flexibility index (Phi) is 15.5. The first kappa shape index (κ1) is 26.4. The zero-order chi connectivity index (χ0) is 18.7. The second-order valence-electron chi connectivity index (χ2n) is 7.77. The summed E-state index contributed by atoms with van der Waals surface area (Å²) in [6.07, 6.45) is 9.21. The van der Waals surface area contributed by atoms with Crippen LogP contribution < -0.4 is 34.7 Å². The molecule has 148 valence electrons. The molecule has 0 aromatic rings. The van der Waals surface area contributed by atoms with Gasteiger partial charge in [0.25, 0.3) is 0 Å². The molecule has 1 aliphatic carbocycles. The fourth-order valence-electron chi connectivity index (χ4n) is 4.12. The molecule has 1 rings (SSSR count). The third kappa shape index (κ3) is 10.6. The number of hydrogen-bond donors (Lipinski definition) is 3. The Labute approximate surface area is 180 Å². The van der Waals surface area contributed by atoms with Crippen molar-refractivity contribution in [1.29, 1.82) is 0 Å². The summed E-state index contributed by atoms with van der Waals surface area (Å²) in [6, 6.07) is 0. The molecule has 0 saturated heterocycles. The van der Waals surface area contributed by atoms with Gasteiger partial charge < -0.3 is 25.2 Å². The van der Waals surface area contributed by atoms with E-state index in [0.29, 0.717) is 25.2 Å². The first-order valence-corrected chi connectivity index (χ1v) is 10.2. The first-order valence-electron chi connectivity index (χ1n) is 10.2. The van der Waals surface area contributed by atoms with E-state index in [2.05, 4.69) is 6.92 Å². The SMILES string of the molecule is CCCCCC(O)CCC1C(CCCCCCC(=O)[O-])CC(O)C1O.[Na+]. The fourth-order valence-corrected chi connectivity index (χ4v) is 4.12. The van der Waals surface area contributed by atoms with Gasteiger partial charge in [0.15, 0.2) is 0 Å². The largest absolute Gasteiger partial charge is 1.00 e. The number of aliphatic hydroxyl groups is 3. The summed E-state index contributed by atoms with van der Waals surface area (Å²) in [7, 11) is 0. The van der Waals surface area contributed by atoms with Gasteiger partial charge in [0, 0.05) is 5.97 Å². The van der Waals surface area contributed by atoms with Crippen molar-refractivity contribution in [3.8, 4) is 0 Å². The standard InChI is InChI=1S/C20H38O5.Na/c1-2-3-6-10-16(21)12-13-17-15(14-18(22)20(17)25)9-7-4-5-8-11-19(23)24;/h15-18,20-22,25H,2-14H2,1H3,(H,23,24);/q;+1/p-1. The molecule has 1 aliphatic rings. The first-order chi connectivity index (χ1) is 12.0. The maximum Gasteiger partial charge on any atom is 1.00 e. The Hall–Kier alpha value is 0.350. The molecule has 0 aliphatic heterocycles. The molecular formula is C20H37NaO5. The Bertz CT molecular complexity index is 366. The summed E-state index contributed by atoms with van der Waals surface area (Å²) in [5.74, 6) is -0.618. The van der Waals surface area contributed by atoms with Gasteiger partial charge >= 0.3 is 29.6 Å². The van der Waals surface area contributed by atoms with Crippen LogP contribution in [0.2, 0.25) is 0 Å². The van der Waals surface area contributed by atoms with Gasteiger partial charge in [0.1, 0.15) is 0 Å². The second kappa shape index (κ2) is 15.3. The maximum atomic E-state index is 10.4. The van der Waals surface area contributed by atoms with E-state index in [1.165, 1.54) is 0 Å². The number of carboxylic acids is 1.